The highest BCUT2D eigenvalue weighted by atomic mass is 16.1. The molecule has 28 heavy (non-hydrogen) atoms. The first kappa shape index (κ1) is 19.9. The van der Waals surface area contributed by atoms with Crippen LogP contribution in [0.3, 0.4) is 0 Å². The number of rotatable bonds is 6. The fourth-order valence-electron chi connectivity index (χ4n) is 3.49. The second-order valence-corrected chi connectivity index (χ2v) is 7.17. The van der Waals surface area contributed by atoms with Gasteiger partial charge < -0.3 is 16.4 Å². The molecule has 4 N–H and O–H groups in total. The summed E-state index contributed by atoms with van der Waals surface area (Å²) in [6, 6.07) is 18.4. The quantitative estimate of drug-likeness (QED) is 0.530. The van der Waals surface area contributed by atoms with E-state index in [-0.39, 0.29) is 0 Å². The Hall–Kier alpha value is -2.86. The number of amides is 1. The van der Waals surface area contributed by atoms with E-state index in [1.165, 1.54) is 5.56 Å². The number of benzene rings is 2. The van der Waals surface area contributed by atoms with Crippen molar-refractivity contribution in [3.8, 4) is 0 Å². The number of hydrogen-bond donors (Lipinski definition) is 3. The Morgan fingerprint density at radius 3 is 2.50 bits per heavy atom. The Kier molecular flexibility index (Phi) is 7.03. The monoisotopic (exact) mass is 379 g/mol. The lowest BCUT2D eigenvalue weighted by Crippen LogP contribution is -2.48. The lowest BCUT2D eigenvalue weighted by atomic mass is 10.0. The minimum atomic E-state index is -0.411. The molecule has 0 aromatic heterocycles. The van der Waals surface area contributed by atoms with Gasteiger partial charge in [-0.15, -0.1) is 0 Å². The maximum atomic E-state index is 11.3. The maximum absolute atomic E-state index is 11.3. The molecule has 0 spiro atoms. The van der Waals surface area contributed by atoms with Gasteiger partial charge in [-0.05, 0) is 36.1 Å². The molecule has 0 unspecified atom stereocenters. The molecule has 0 atom stereocenters. The molecule has 0 aliphatic carbocycles. The number of hydrogen-bond acceptors (Lipinski definition) is 3. The SMILES string of the molecule is CN=C(NCc1cccc(C(N)=O)c1)NC1CCN(Cc2ccccc2)CC1. The van der Waals surface area contributed by atoms with Gasteiger partial charge in [0.05, 0.1) is 0 Å². The Labute approximate surface area is 166 Å². The zero-order valence-electron chi connectivity index (χ0n) is 16.4. The maximum Gasteiger partial charge on any atom is 0.248 e. The van der Waals surface area contributed by atoms with Gasteiger partial charge in [0, 0.05) is 44.8 Å². The van der Waals surface area contributed by atoms with Crippen LogP contribution in [-0.2, 0) is 13.1 Å². The van der Waals surface area contributed by atoms with Crippen LogP contribution in [0.15, 0.2) is 59.6 Å². The largest absolute Gasteiger partial charge is 0.366 e. The topological polar surface area (TPSA) is 82.7 Å². The number of aliphatic imine (C=N–C) groups is 1. The first-order valence-corrected chi connectivity index (χ1v) is 9.76. The van der Waals surface area contributed by atoms with Gasteiger partial charge in [-0.25, -0.2) is 0 Å². The smallest absolute Gasteiger partial charge is 0.248 e. The Morgan fingerprint density at radius 1 is 1.11 bits per heavy atom. The van der Waals surface area contributed by atoms with E-state index in [1.54, 1.807) is 13.1 Å². The van der Waals surface area contributed by atoms with Crippen LogP contribution >= 0.6 is 0 Å². The van der Waals surface area contributed by atoms with Crippen molar-refractivity contribution in [1.82, 2.24) is 15.5 Å². The predicted molar refractivity (Wildman–Crippen MR) is 113 cm³/mol. The van der Waals surface area contributed by atoms with Crippen LogP contribution in [0.4, 0.5) is 0 Å². The van der Waals surface area contributed by atoms with E-state index < -0.39 is 5.91 Å². The minimum absolute atomic E-state index is 0.411. The van der Waals surface area contributed by atoms with Gasteiger partial charge in [0.25, 0.3) is 0 Å². The minimum Gasteiger partial charge on any atom is -0.366 e. The highest BCUT2D eigenvalue weighted by molar-refractivity contribution is 5.92. The van der Waals surface area contributed by atoms with Crippen LogP contribution in [0.1, 0.15) is 34.3 Å². The van der Waals surface area contributed by atoms with Crippen molar-refractivity contribution in [2.45, 2.75) is 32.0 Å². The molecule has 2 aromatic rings. The third-order valence-corrected chi connectivity index (χ3v) is 5.07. The van der Waals surface area contributed by atoms with Crippen molar-refractivity contribution in [1.29, 1.82) is 0 Å². The number of nitrogens with zero attached hydrogens (tertiary/aromatic N) is 2. The molecule has 1 saturated heterocycles. The van der Waals surface area contributed by atoms with Crippen molar-refractivity contribution in [3.05, 3.63) is 71.3 Å². The molecular formula is C22H29N5O. The molecule has 0 bridgehead atoms. The molecule has 6 heteroatoms. The van der Waals surface area contributed by atoms with E-state index in [2.05, 4.69) is 50.9 Å². The number of nitrogens with two attached hydrogens (primary N) is 1. The summed E-state index contributed by atoms with van der Waals surface area (Å²) in [6.07, 6.45) is 2.18. The second kappa shape index (κ2) is 9.90. The summed E-state index contributed by atoms with van der Waals surface area (Å²) in [6.45, 7) is 3.75. The number of likely N-dealkylation sites (tertiary alicyclic amines) is 1. The number of guanidine groups is 1. The molecule has 1 fully saturated rings. The van der Waals surface area contributed by atoms with E-state index in [1.807, 2.05) is 18.2 Å². The first-order chi connectivity index (χ1) is 13.6. The van der Waals surface area contributed by atoms with Crippen LogP contribution in [0, 0.1) is 0 Å². The summed E-state index contributed by atoms with van der Waals surface area (Å²) in [5.74, 6) is 0.373. The molecule has 0 saturated carbocycles. The number of piperidine rings is 1. The van der Waals surface area contributed by atoms with Gasteiger partial charge in [-0.2, -0.15) is 0 Å². The van der Waals surface area contributed by atoms with Crippen LogP contribution in [-0.4, -0.2) is 42.9 Å². The zero-order chi connectivity index (χ0) is 19.8. The molecule has 6 nitrogen and oxygen atoms in total. The molecule has 0 radical (unpaired) electrons. The zero-order valence-corrected chi connectivity index (χ0v) is 16.4. The van der Waals surface area contributed by atoms with Crippen LogP contribution < -0.4 is 16.4 Å². The molecule has 1 aliphatic heterocycles. The van der Waals surface area contributed by atoms with E-state index in [9.17, 15) is 4.79 Å². The molecular weight excluding hydrogens is 350 g/mol. The van der Waals surface area contributed by atoms with Crippen molar-refractivity contribution in [2.24, 2.45) is 10.7 Å². The van der Waals surface area contributed by atoms with Crippen LogP contribution in [0.25, 0.3) is 0 Å². The third-order valence-electron chi connectivity index (χ3n) is 5.07. The molecule has 1 aliphatic rings. The number of carbonyl (C=O) groups is 1. The lowest BCUT2D eigenvalue weighted by Gasteiger charge is -2.33. The number of carbonyl (C=O) groups excluding carboxylic acids is 1. The highest BCUT2D eigenvalue weighted by Gasteiger charge is 2.20. The van der Waals surface area contributed by atoms with Crippen molar-refractivity contribution >= 4 is 11.9 Å². The van der Waals surface area contributed by atoms with E-state index in [0.29, 0.717) is 18.2 Å². The molecule has 3 rings (SSSR count). The molecule has 1 amide bonds. The summed E-state index contributed by atoms with van der Waals surface area (Å²) >= 11 is 0. The summed E-state index contributed by atoms with van der Waals surface area (Å²) < 4.78 is 0. The van der Waals surface area contributed by atoms with Crippen molar-refractivity contribution in [2.75, 3.05) is 20.1 Å². The molecule has 148 valence electrons. The van der Waals surface area contributed by atoms with E-state index in [4.69, 9.17) is 5.73 Å². The average molecular weight is 380 g/mol. The van der Waals surface area contributed by atoms with Gasteiger partial charge in [0.1, 0.15) is 0 Å². The highest BCUT2D eigenvalue weighted by Crippen LogP contribution is 2.14. The van der Waals surface area contributed by atoms with Gasteiger partial charge in [-0.3, -0.25) is 14.7 Å². The number of primary amides is 1. The van der Waals surface area contributed by atoms with Gasteiger partial charge in [0.15, 0.2) is 5.96 Å². The number of nitrogens with one attached hydrogen (secondary N) is 2. The van der Waals surface area contributed by atoms with Crippen LogP contribution in [0.5, 0.6) is 0 Å². The van der Waals surface area contributed by atoms with Crippen molar-refractivity contribution in [3.63, 3.8) is 0 Å². The summed E-state index contributed by atoms with van der Waals surface area (Å²) in [5.41, 5.74) is 8.23. The standard InChI is InChI=1S/C22H29N5O/c1-24-22(25-15-18-8-5-9-19(14-18)21(23)28)26-20-10-12-27(13-11-20)16-17-6-3-2-4-7-17/h2-9,14,20H,10-13,15-16H2,1H3,(H2,23,28)(H2,24,25,26). The third kappa shape index (κ3) is 5.82. The van der Waals surface area contributed by atoms with E-state index >= 15 is 0 Å². The van der Waals surface area contributed by atoms with Gasteiger partial charge in [0.2, 0.25) is 5.91 Å². The average Bonchev–Trinajstić information content (AvgIpc) is 2.73. The van der Waals surface area contributed by atoms with Gasteiger partial charge in [-0.1, -0.05) is 42.5 Å². The Bertz CT molecular complexity index is 798. The summed E-state index contributed by atoms with van der Waals surface area (Å²) in [5, 5.41) is 6.84. The fourth-order valence-corrected chi connectivity index (χ4v) is 3.49. The summed E-state index contributed by atoms with van der Waals surface area (Å²) in [4.78, 5) is 18.1. The lowest BCUT2D eigenvalue weighted by molar-refractivity contribution is 0.1000. The first-order valence-electron chi connectivity index (χ1n) is 9.76. The molecule has 2 aromatic carbocycles. The second-order valence-electron chi connectivity index (χ2n) is 7.17. The Morgan fingerprint density at radius 2 is 1.82 bits per heavy atom. The van der Waals surface area contributed by atoms with Crippen molar-refractivity contribution < 1.29 is 4.79 Å². The van der Waals surface area contributed by atoms with Crippen LogP contribution in [0.2, 0.25) is 0 Å². The Balaban J connectivity index is 1.44. The predicted octanol–water partition coefficient (Wildman–Crippen LogP) is 2.12. The summed E-state index contributed by atoms with van der Waals surface area (Å²) in [7, 11) is 1.78. The van der Waals surface area contributed by atoms with E-state index in [0.717, 1.165) is 44.0 Å². The van der Waals surface area contributed by atoms with Gasteiger partial charge >= 0.3 is 0 Å². The normalized spacial score (nSPS) is 16.0. The fraction of sp³-hybridized carbons (Fsp3) is 0.364. The molecule has 1 heterocycles.